The first-order chi connectivity index (χ1) is 13.6. The molecule has 6 nitrogen and oxygen atoms in total. The van der Waals surface area contributed by atoms with Crippen LogP contribution >= 0.6 is 24.0 Å². The van der Waals surface area contributed by atoms with Crippen LogP contribution in [-0.2, 0) is 11.3 Å². The van der Waals surface area contributed by atoms with E-state index in [0.717, 1.165) is 42.8 Å². The van der Waals surface area contributed by atoms with E-state index >= 15 is 0 Å². The van der Waals surface area contributed by atoms with Gasteiger partial charge in [-0.1, -0.05) is 25.0 Å². The Kier molecular flexibility index (Phi) is 13.3. The summed E-state index contributed by atoms with van der Waals surface area (Å²) in [5.41, 5.74) is 2.33. The van der Waals surface area contributed by atoms with Crippen molar-refractivity contribution in [2.45, 2.75) is 51.6 Å². The number of nitrogens with one attached hydrogen (secondary N) is 2. The number of likely N-dealkylation sites (N-methyl/N-ethyl adjacent to an activating group) is 1. The molecule has 0 atom stereocenters. The number of benzene rings is 1. The minimum absolute atomic E-state index is 0. The topological polar surface area (TPSA) is 58.1 Å². The summed E-state index contributed by atoms with van der Waals surface area (Å²) in [6.07, 6.45) is 6.30. The molecule has 29 heavy (non-hydrogen) atoms. The van der Waals surface area contributed by atoms with Gasteiger partial charge in [-0.05, 0) is 38.4 Å². The average molecular weight is 518 g/mol. The van der Waals surface area contributed by atoms with Gasteiger partial charge in [0, 0.05) is 58.4 Å². The van der Waals surface area contributed by atoms with Gasteiger partial charge in [0.05, 0.1) is 6.61 Å². The molecule has 0 aliphatic heterocycles. The van der Waals surface area contributed by atoms with E-state index in [0.29, 0.717) is 19.8 Å². The van der Waals surface area contributed by atoms with Crippen LogP contribution in [0.2, 0.25) is 0 Å². The molecule has 2 rings (SSSR count). The number of ether oxygens (including phenoxy) is 2. The summed E-state index contributed by atoms with van der Waals surface area (Å²) in [6.45, 7) is 6.05. The van der Waals surface area contributed by atoms with Crippen LogP contribution < -0.4 is 15.4 Å². The molecule has 1 saturated carbocycles. The zero-order chi connectivity index (χ0) is 20.2. The molecule has 0 spiro atoms. The summed E-state index contributed by atoms with van der Waals surface area (Å²) in [4.78, 5) is 6.82. The maximum absolute atomic E-state index is 5.97. The smallest absolute Gasteiger partial charge is 0.191 e. The fraction of sp³-hybridized carbons (Fsp3) is 0.682. The van der Waals surface area contributed by atoms with E-state index in [9.17, 15) is 0 Å². The van der Waals surface area contributed by atoms with Crippen molar-refractivity contribution in [2.75, 3.05) is 47.5 Å². The number of halogens is 1. The second-order valence-electron chi connectivity index (χ2n) is 7.58. The van der Waals surface area contributed by atoms with Crippen molar-refractivity contribution in [1.29, 1.82) is 0 Å². The molecule has 0 unspecified atom stereocenters. The normalized spacial score (nSPS) is 14.7. The molecule has 1 aromatic carbocycles. The molecule has 1 aliphatic carbocycles. The standard InChI is InChI=1S/C22H38N4O2.HI/c1-18-10-11-19(21(16-18)28-15-7-14-27-4)17-25-22(23-2)24-12-13-26(3)20-8-5-6-9-20;/h10-11,16,20H,5-9,12-15,17H2,1-4H3,(H2,23,24,25);1H. The Morgan fingerprint density at radius 2 is 1.97 bits per heavy atom. The number of methoxy groups -OCH3 is 1. The number of guanidine groups is 1. The van der Waals surface area contributed by atoms with Crippen molar-refractivity contribution in [1.82, 2.24) is 15.5 Å². The molecule has 0 amide bonds. The highest BCUT2D eigenvalue weighted by Gasteiger charge is 2.18. The maximum atomic E-state index is 5.97. The molecule has 166 valence electrons. The van der Waals surface area contributed by atoms with Gasteiger partial charge in [0.25, 0.3) is 0 Å². The van der Waals surface area contributed by atoms with Gasteiger partial charge in [-0.25, -0.2) is 0 Å². The lowest BCUT2D eigenvalue weighted by Crippen LogP contribution is -2.42. The SMILES string of the molecule is CN=C(NCCN(C)C1CCCC1)NCc1ccc(C)cc1OCCCOC.I. The molecule has 0 radical (unpaired) electrons. The molecular formula is C22H39IN4O2. The Labute approximate surface area is 193 Å². The van der Waals surface area contributed by atoms with Crippen LogP contribution in [0.5, 0.6) is 5.75 Å². The van der Waals surface area contributed by atoms with Gasteiger partial charge in [0.1, 0.15) is 5.75 Å². The second-order valence-corrected chi connectivity index (χ2v) is 7.58. The third-order valence-corrected chi connectivity index (χ3v) is 5.35. The quantitative estimate of drug-likeness (QED) is 0.203. The molecule has 1 aliphatic rings. The van der Waals surface area contributed by atoms with Crippen LogP contribution in [0.25, 0.3) is 0 Å². The Morgan fingerprint density at radius 1 is 1.21 bits per heavy atom. The van der Waals surface area contributed by atoms with Crippen LogP contribution in [0.3, 0.4) is 0 Å². The monoisotopic (exact) mass is 518 g/mol. The summed E-state index contributed by atoms with van der Waals surface area (Å²) in [6, 6.07) is 7.08. The van der Waals surface area contributed by atoms with Crippen molar-refractivity contribution < 1.29 is 9.47 Å². The summed E-state index contributed by atoms with van der Waals surface area (Å²) >= 11 is 0. The first kappa shape index (κ1) is 26.0. The highest BCUT2D eigenvalue weighted by molar-refractivity contribution is 14.0. The van der Waals surface area contributed by atoms with Crippen LogP contribution in [0.15, 0.2) is 23.2 Å². The first-order valence-electron chi connectivity index (χ1n) is 10.5. The van der Waals surface area contributed by atoms with Gasteiger partial charge in [0.15, 0.2) is 5.96 Å². The Morgan fingerprint density at radius 3 is 2.66 bits per heavy atom. The van der Waals surface area contributed by atoms with Gasteiger partial charge in [0.2, 0.25) is 0 Å². The number of rotatable bonds is 11. The number of hydrogen-bond acceptors (Lipinski definition) is 4. The Hall–Kier alpha value is -1.06. The van der Waals surface area contributed by atoms with Crippen molar-refractivity contribution in [3.8, 4) is 5.75 Å². The second kappa shape index (κ2) is 14.8. The first-order valence-corrected chi connectivity index (χ1v) is 10.5. The number of hydrogen-bond donors (Lipinski definition) is 2. The molecule has 1 aromatic rings. The van der Waals surface area contributed by atoms with Gasteiger partial charge in [-0.15, -0.1) is 24.0 Å². The lowest BCUT2D eigenvalue weighted by molar-refractivity contribution is 0.171. The zero-order valence-corrected chi connectivity index (χ0v) is 20.8. The predicted octanol–water partition coefficient (Wildman–Crippen LogP) is 3.57. The van der Waals surface area contributed by atoms with Crippen LogP contribution in [0, 0.1) is 6.92 Å². The lowest BCUT2D eigenvalue weighted by Gasteiger charge is -2.24. The largest absolute Gasteiger partial charge is 0.493 e. The molecule has 0 saturated heterocycles. The maximum Gasteiger partial charge on any atom is 0.191 e. The molecule has 0 aromatic heterocycles. The summed E-state index contributed by atoms with van der Waals surface area (Å²) < 4.78 is 11.1. The third-order valence-electron chi connectivity index (χ3n) is 5.35. The zero-order valence-electron chi connectivity index (χ0n) is 18.5. The molecule has 0 heterocycles. The number of aliphatic imine (C=N–C) groups is 1. The minimum atomic E-state index is 0. The van der Waals surface area contributed by atoms with E-state index in [-0.39, 0.29) is 24.0 Å². The fourth-order valence-electron chi connectivity index (χ4n) is 3.61. The molecule has 0 bridgehead atoms. The highest BCUT2D eigenvalue weighted by Crippen LogP contribution is 2.22. The summed E-state index contributed by atoms with van der Waals surface area (Å²) in [5, 5.41) is 6.83. The van der Waals surface area contributed by atoms with Crippen LogP contribution in [0.1, 0.15) is 43.2 Å². The number of nitrogens with zero attached hydrogens (tertiary/aromatic N) is 2. The van der Waals surface area contributed by atoms with Crippen molar-refractivity contribution in [3.63, 3.8) is 0 Å². The van der Waals surface area contributed by atoms with Crippen LogP contribution in [0.4, 0.5) is 0 Å². The summed E-state index contributed by atoms with van der Waals surface area (Å²) in [7, 11) is 5.76. The molecule has 2 N–H and O–H groups in total. The van der Waals surface area contributed by atoms with Gasteiger partial charge in [-0.2, -0.15) is 0 Å². The lowest BCUT2D eigenvalue weighted by atomic mass is 10.1. The van der Waals surface area contributed by atoms with Gasteiger partial charge in [-0.3, -0.25) is 4.99 Å². The third kappa shape index (κ3) is 9.53. The molecule has 7 heteroatoms. The van der Waals surface area contributed by atoms with E-state index in [1.807, 2.05) is 7.05 Å². The predicted molar refractivity (Wildman–Crippen MR) is 132 cm³/mol. The van der Waals surface area contributed by atoms with Crippen molar-refractivity contribution in [3.05, 3.63) is 29.3 Å². The van der Waals surface area contributed by atoms with Crippen molar-refractivity contribution in [2.24, 2.45) is 4.99 Å². The van der Waals surface area contributed by atoms with Gasteiger partial charge < -0.3 is 25.0 Å². The van der Waals surface area contributed by atoms with Crippen molar-refractivity contribution >= 4 is 29.9 Å². The van der Waals surface area contributed by atoms with Gasteiger partial charge >= 0.3 is 0 Å². The highest BCUT2D eigenvalue weighted by atomic mass is 127. The minimum Gasteiger partial charge on any atom is -0.493 e. The Bertz CT molecular complexity index is 606. The van der Waals surface area contributed by atoms with Crippen LogP contribution in [-0.4, -0.2) is 64.4 Å². The Balaban J connectivity index is 0.00000420. The van der Waals surface area contributed by atoms with E-state index in [1.54, 1.807) is 7.11 Å². The fourth-order valence-corrected chi connectivity index (χ4v) is 3.61. The van der Waals surface area contributed by atoms with E-state index in [4.69, 9.17) is 9.47 Å². The molecular weight excluding hydrogens is 479 g/mol. The average Bonchev–Trinajstić information content (AvgIpc) is 3.24. The van der Waals surface area contributed by atoms with E-state index < -0.39 is 0 Å². The van der Waals surface area contributed by atoms with E-state index in [1.165, 1.54) is 31.2 Å². The van der Waals surface area contributed by atoms with E-state index in [2.05, 4.69) is 52.7 Å². The summed E-state index contributed by atoms with van der Waals surface area (Å²) in [5.74, 6) is 1.76. The molecule has 1 fully saturated rings. The number of aryl methyl sites for hydroxylation is 1.